The number of carbonyl (C=O) groups excluding carboxylic acids is 3. The van der Waals surface area contributed by atoms with E-state index < -0.39 is 41.0 Å². The molecule has 1 fully saturated rings. The molecule has 31 heavy (non-hydrogen) atoms. The number of alkyl halides is 3. The normalized spacial score (nSPS) is 20.9. The Balaban J connectivity index is 1.68. The number of nitrogens with one attached hydrogen (secondary N) is 2. The van der Waals surface area contributed by atoms with Crippen molar-refractivity contribution in [3.05, 3.63) is 64.5 Å². The van der Waals surface area contributed by atoms with Gasteiger partial charge in [0.15, 0.2) is 0 Å². The van der Waals surface area contributed by atoms with Crippen LogP contribution < -0.4 is 10.6 Å². The minimum atomic E-state index is -4.81. The lowest BCUT2D eigenvalue weighted by Gasteiger charge is -2.27. The Bertz CT molecular complexity index is 1080. The molecule has 1 heterocycles. The van der Waals surface area contributed by atoms with E-state index in [1.165, 1.54) is 12.1 Å². The number of carbonyl (C=O) groups is 3. The average Bonchev–Trinajstić information content (AvgIpc) is 3.05. The number of amides is 2. The molecule has 0 aromatic heterocycles. The van der Waals surface area contributed by atoms with E-state index in [1.807, 2.05) is 0 Å². The minimum absolute atomic E-state index is 0.0190. The number of Topliss-reactive ketones (excluding diaryl/α,β-unsaturated/α-hetero) is 1. The highest BCUT2D eigenvalue weighted by Crippen LogP contribution is 2.41. The van der Waals surface area contributed by atoms with E-state index >= 15 is 0 Å². The summed E-state index contributed by atoms with van der Waals surface area (Å²) in [5, 5.41) is 5.28. The molecule has 2 aromatic carbocycles. The lowest BCUT2D eigenvalue weighted by molar-refractivity contribution is -0.137. The summed E-state index contributed by atoms with van der Waals surface area (Å²) in [5.41, 5.74) is -0.877. The summed E-state index contributed by atoms with van der Waals surface area (Å²) >= 11 is 0. The van der Waals surface area contributed by atoms with Gasteiger partial charge in [0.05, 0.1) is 11.6 Å². The molecule has 1 aliphatic carbocycles. The third kappa shape index (κ3) is 4.04. The maximum Gasteiger partial charge on any atom is 0.416 e. The van der Waals surface area contributed by atoms with Crippen LogP contribution in [0.3, 0.4) is 0 Å². The van der Waals surface area contributed by atoms with Crippen molar-refractivity contribution in [1.82, 2.24) is 5.32 Å². The van der Waals surface area contributed by atoms with Gasteiger partial charge in [-0.1, -0.05) is 12.5 Å². The molecule has 9 heteroatoms. The summed E-state index contributed by atoms with van der Waals surface area (Å²) in [6.07, 6.45) is -2.21. The van der Waals surface area contributed by atoms with Gasteiger partial charge < -0.3 is 10.6 Å². The van der Waals surface area contributed by atoms with Crippen molar-refractivity contribution in [3.63, 3.8) is 0 Å². The maximum atomic E-state index is 13.7. The molecule has 1 aliphatic heterocycles. The highest BCUT2D eigenvalue weighted by molar-refractivity contribution is 6.08. The Morgan fingerprint density at radius 2 is 1.87 bits per heavy atom. The van der Waals surface area contributed by atoms with Crippen LogP contribution in [-0.4, -0.2) is 17.6 Å². The zero-order valence-corrected chi connectivity index (χ0v) is 16.2. The molecule has 2 aromatic rings. The topological polar surface area (TPSA) is 75.3 Å². The molecule has 0 spiro atoms. The van der Waals surface area contributed by atoms with Gasteiger partial charge in [-0.25, -0.2) is 4.39 Å². The molecular formula is C22H18F4N2O3. The van der Waals surface area contributed by atoms with Crippen LogP contribution in [0.25, 0.3) is 0 Å². The van der Waals surface area contributed by atoms with Gasteiger partial charge in [0, 0.05) is 34.7 Å². The first-order chi connectivity index (χ1) is 14.6. The Kier molecular flexibility index (Phi) is 5.28. The van der Waals surface area contributed by atoms with Crippen molar-refractivity contribution in [2.75, 3.05) is 5.32 Å². The predicted octanol–water partition coefficient (Wildman–Crippen LogP) is 4.64. The van der Waals surface area contributed by atoms with Crippen molar-refractivity contribution in [3.8, 4) is 0 Å². The van der Waals surface area contributed by atoms with Crippen LogP contribution in [0, 0.1) is 11.7 Å². The molecule has 2 atom stereocenters. The standard InChI is InChI=1S/C22H18F4N2O3/c23-13-9-11(8-12(10-13)22(24,25)26)20(30)27-16-6-3-5-15-18(16)19(28-21(15)31)14-4-1-2-7-17(14)29/h3,5-6,8-10,14,19H,1-2,4,7H2,(H,27,30)(H,28,31). The molecule has 2 aliphatic rings. The van der Waals surface area contributed by atoms with E-state index in [1.54, 1.807) is 6.07 Å². The quantitative estimate of drug-likeness (QED) is 0.691. The molecule has 0 saturated heterocycles. The monoisotopic (exact) mass is 434 g/mol. The van der Waals surface area contributed by atoms with Crippen LogP contribution in [-0.2, 0) is 11.0 Å². The van der Waals surface area contributed by atoms with Gasteiger partial charge in [-0.2, -0.15) is 13.2 Å². The second-order valence-electron chi connectivity index (χ2n) is 7.72. The number of ketones is 1. The SMILES string of the molecule is O=C(Nc1cccc2c1C(C1CCCCC1=O)NC2=O)c1cc(F)cc(C(F)(F)F)c1. The number of rotatable bonds is 3. The smallest absolute Gasteiger partial charge is 0.344 e. The Hall–Kier alpha value is -3.23. The van der Waals surface area contributed by atoms with E-state index in [0.717, 1.165) is 12.8 Å². The van der Waals surface area contributed by atoms with E-state index in [-0.39, 0.29) is 22.9 Å². The number of hydrogen-bond acceptors (Lipinski definition) is 3. The second-order valence-corrected chi connectivity index (χ2v) is 7.72. The number of hydrogen-bond donors (Lipinski definition) is 2. The first kappa shape index (κ1) is 21.0. The molecule has 2 N–H and O–H groups in total. The summed E-state index contributed by atoms with van der Waals surface area (Å²) in [6.45, 7) is 0. The molecule has 162 valence electrons. The Labute approximate surface area is 174 Å². The zero-order valence-electron chi connectivity index (χ0n) is 16.2. The fourth-order valence-corrected chi connectivity index (χ4v) is 4.24. The molecule has 2 amide bonds. The molecule has 0 radical (unpaired) electrons. The highest BCUT2D eigenvalue weighted by atomic mass is 19.4. The average molecular weight is 434 g/mol. The highest BCUT2D eigenvalue weighted by Gasteiger charge is 2.40. The summed E-state index contributed by atoms with van der Waals surface area (Å²) in [6, 6.07) is 5.52. The summed E-state index contributed by atoms with van der Waals surface area (Å²) in [7, 11) is 0. The van der Waals surface area contributed by atoms with Gasteiger partial charge in [0.2, 0.25) is 0 Å². The molecular weight excluding hydrogens is 416 g/mol. The number of anilines is 1. The zero-order chi connectivity index (χ0) is 22.3. The summed E-state index contributed by atoms with van der Waals surface area (Å²) < 4.78 is 52.6. The fourth-order valence-electron chi connectivity index (χ4n) is 4.24. The predicted molar refractivity (Wildman–Crippen MR) is 103 cm³/mol. The van der Waals surface area contributed by atoms with Gasteiger partial charge in [0.1, 0.15) is 11.6 Å². The van der Waals surface area contributed by atoms with Crippen molar-refractivity contribution in [2.45, 2.75) is 37.9 Å². The molecule has 2 unspecified atom stereocenters. The van der Waals surface area contributed by atoms with Crippen LogP contribution in [0.15, 0.2) is 36.4 Å². The van der Waals surface area contributed by atoms with E-state index in [0.29, 0.717) is 36.6 Å². The van der Waals surface area contributed by atoms with E-state index in [4.69, 9.17) is 0 Å². The van der Waals surface area contributed by atoms with Crippen LogP contribution >= 0.6 is 0 Å². The molecule has 1 saturated carbocycles. The number of benzene rings is 2. The first-order valence-electron chi connectivity index (χ1n) is 9.81. The van der Waals surface area contributed by atoms with Crippen LogP contribution in [0.2, 0.25) is 0 Å². The largest absolute Gasteiger partial charge is 0.416 e. The first-order valence-corrected chi connectivity index (χ1v) is 9.81. The summed E-state index contributed by atoms with van der Waals surface area (Å²) in [4.78, 5) is 37.5. The lowest BCUT2D eigenvalue weighted by atomic mass is 9.80. The third-order valence-corrected chi connectivity index (χ3v) is 5.69. The van der Waals surface area contributed by atoms with Gasteiger partial charge in [0.25, 0.3) is 11.8 Å². The maximum absolute atomic E-state index is 13.7. The minimum Gasteiger partial charge on any atom is -0.344 e. The molecule has 4 rings (SSSR count). The third-order valence-electron chi connectivity index (χ3n) is 5.69. The van der Waals surface area contributed by atoms with Gasteiger partial charge in [-0.05, 0) is 43.2 Å². The lowest BCUT2D eigenvalue weighted by Crippen LogP contribution is -2.33. The van der Waals surface area contributed by atoms with Crippen molar-refractivity contribution >= 4 is 23.3 Å². The second kappa shape index (κ2) is 7.79. The van der Waals surface area contributed by atoms with E-state index in [9.17, 15) is 31.9 Å². The summed E-state index contributed by atoms with van der Waals surface area (Å²) in [5.74, 6) is -2.96. The molecule has 5 nitrogen and oxygen atoms in total. The Morgan fingerprint density at radius 3 is 2.58 bits per heavy atom. The van der Waals surface area contributed by atoms with Crippen molar-refractivity contribution in [2.24, 2.45) is 5.92 Å². The fraction of sp³-hybridized carbons (Fsp3) is 0.318. The van der Waals surface area contributed by atoms with Gasteiger partial charge in [-0.15, -0.1) is 0 Å². The van der Waals surface area contributed by atoms with Crippen LogP contribution in [0.5, 0.6) is 0 Å². The number of fused-ring (bicyclic) bond motifs is 1. The van der Waals surface area contributed by atoms with Gasteiger partial charge in [-0.3, -0.25) is 14.4 Å². The number of halogens is 4. The van der Waals surface area contributed by atoms with Crippen LogP contribution in [0.1, 0.15) is 63.6 Å². The van der Waals surface area contributed by atoms with Crippen LogP contribution in [0.4, 0.5) is 23.2 Å². The molecule has 0 bridgehead atoms. The van der Waals surface area contributed by atoms with Crippen molar-refractivity contribution < 1.29 is 31.9 Å². The van der Waals surface area contributed by atoms with Crippen molar-refractivity contribution in [1.29, 1.82) is 0 Å². The van der Waals surface area contributed by atoms with E-state index in [2.05, 4.69) is 10.6 Å². The van der Waals surface area contributed by atoms with Gasteiger partial charge >= 0.3 is 6.18 Å². The Morgan fingerprint density at radius 1 is 1.10 bits per heavy atom.